The second-order valence-electron chi connectivity index (χ2n) is 3.77. The van der Waals surface area contributed by atoms with Gasteiger partial charge in [-0.1, -0.05) is 12.1 Å². The van der Waals surface area contributed by atoms with Crippen molar-refractivity contribution in [1.82, 2.24) is 4.98 Å². The van der Waals surface area contributed by atoms with Crippen molar-refractivity contribution in [2.75, 3.05) is 0 Å². The fourth-order valence-corrected chi connectivity index (χ4v) is 1.91. The number of fused-ring (bicyclic) bond motifs is 1. The second-order valence-corrected chi connectivity index (χ2v) is 5.31. The number of alkyl halides is 3. The summed E-state index contributed by atoms with van der Waals surface area (Å²) < 4.78 is 62.1. The van der Waals surface area contributed by atoms with Gasteiger partial charge in [-0.3, -0.25) is 0 Å². The fourth-order valence-electron chi connectivity index (χ4n) is 1.50. The van der Waals surface area contributed by atoms with Crippen molar-refractivity contribution in [2.45, 2.75) is 12.4 Å². The van der Waals surface area contributed by atoms with Gasteiger partial charge in [0.2, 0.25) is 5.88 Å². The number of pyridine rings is 1. The number of aryl methyl sites for hydroxylation is 1. The van der Waals surface area contributed by atoms with Gasteiger partial charge < -0.3 is 4.18 Å². The summed E-state index contributed by atoms with van der Waals surface area (Å²) >= 11 is 0. The van der Waals surface area contributed by atoms with Crippen LogP contribution in [0.2, 0.25) is 0 Å². The van der Waals surface area contributed by atoms with Crippen molar-refractivity contribution in [3.63, 3.8) is 0 Å². The van der Waals surface area contributed by atoms with Gasteiger partial charge in [-0.2, -0.15) is 21.6 Å². The minimum absolute atomic E-state index is 0.356. The molecule has 0 unspecified atom stereocenters. The molecule has 19 heavy (non-hydrogen) atoms. The highest BCUT2D eigenvalue weighted by molar-refractivity contribution is 7.87. The van der Waals surface area contributed by atoms with Crippen LogP contribution in [-0.4, -0.2) is 18.9 Å². The van der Waals surface area contributed by atoms with Gasteiger partial charge in [-0.25, -0.2) is 4.98 Å². The molecule has 2 aromatic rings. The first-order valence-electron chi connectivity index (χ1n) is 5.08. The lowest BCUT2D eigenvalue weighted by molar-refractivity contribution is -0.0501. The number of hydrogen-bond donors (Lipinski definition) is 0. The molecule has 0 aliphatic carbocycles. The summed E-state index contributed by atoms with van der Waals surface area (Å²) in [7, 11) is -5.69. The van der Waals surface area contributed by atoms with Crippen LogP contribution in [0, 0.1) is 6.92 Å². The van der Waals surface area contributed by atoms with E-state index in [2.05, 4.69) is 9.17 Å². The molecule has 0 N–H and O–H groups in total. The number of halogens is 3. The van der Waals surface area contributed by atoms with Gasteiger partial charge in [0.05, 0.1) is 5.52 Å². The maximum atomic E-state index is 12.2. The van der Waals surface area contributed by atoms with Gasteiger partial charge >= 0.3 is 15.6 Å². The maximum Gasteiger partial charge on any atom is 0.534 e. The van der Waals surface area contributed by atoms with E-state index in [9.17, 15) is 21.6 Å². The summed E-state index contributed by atoms with van der Waals surface area (Å²) in [4.78, 5) is 3.73. The van der Waals surface area contributed by atoms with Gasteiger partial charge in [-0.15, -0.1) is 0 Å². The molecule has 0 saturated carbocycles. The Labute approximate surface area is 107 Å². The topological polar surface area (TPSA) is 56.3 Å². The van der Waals surface area contributed by atoms with E-state index in [-0.39, 0.29) is 0 Å². The molecular formula is C11H8F3NO3S. The molecule has 1 heterocycles. The van der Waals surface area contributed by atoms with Crippen LogP contribution in [0.25, 0.3) is 10.9 Å². The van der Waals surface area contributed by atoms with Crippen LogP contribution < -0.4 is 4.18 Å². The second kappa shape index (κ2) is 4.37. The lowest BCUT2D eigenvalue weighted by atomic mass is 10.1. The van der Waals surface area contributed by atoms with E-state index in [0.717, 1.165) is 11.6 Å². The lowest BCUT2D eigenvalue weighted by Crippen LogP contribution is -2.28. The van der Waals surface area contributed by atoms with Gasteiger partial charge in [-0.05, 0) is 24.6 Å². The largest absolute Gasteiger partial charge is 0.534 e. The van der Waals surface area contributed by atoms with E-state index in [4.69, 9.17) is 0 Å². The summed E-state index contributed by atoms with van der Waals surface area (Å²) in [6.07, 6.45) is 0. The lowest BCUT2D eigenvalue weighted by Gasteiger charge is -2.09. The number of benzene rings is 1. The van der Waals surface area contributed by atoms with E-state index in [1.54, 1.807) is 25.1 Å². The SMILES string of the molecule is Cc1cccc2nc(OS(=O)(=O)C(F)(F)F)ccc12. The molecule has 0 fully saturated rings. The summed E-state index contributed by atoms with van der Waals surface area (Å²) in [5.74, 6) is -0.615. The van der Waals surface area contributed by atoms with Gasteiger partial charge in [0.1, 0.15) is 0 Å². The Bertz CT molecular complexity index is 726. The summed E-state index contributed by atoms with van der Waals surface area (Å²) in [5.41, 5.74) is -4.25. The molecule has 0 aliphatic heterocycles. The molecule has 0 spiro atoms. The number of hydrogen-bond acceptors (Lipinski definition) is 4. The molecule has 0 bridgehead atoms. The first-order valence-corrected chi connectivity index (χ1v) is 6.49. The molecule has 102 valence electrons. The summed E-state index contributed by atoms with van der Waals surface area (Å²) in [6, 6.07) is 7.55. The molecular weight excluding hydrogens is 283 g/mol. The first-order chi connectivity index (χ1) is 8.71. The van der Waals surface area contributed by atoms with Crippen molar-refractivity contribution >= 4 is 21.0 Å². The molecule has 0 aliphatic rings. The Morgan fingerprint density at radius 2 is 1.84 bits per heavy atom. The summed E-state index contributed by atoms with van der Waals surface area (Å²) in [6.45, 7) is 1.80. The average molecular weight is 291 g/mol. The minimum Gasteiger partial charge on any atom is -0.355 e. The van der Waals surface area contributed by atoms with E-state index in [1.807, 2.05) is 0 Å². The molecule has 1 aromatic heterocycles. The Kier molecular flexibility index (Phi) is 3.13. The average Bonchev–Trinajstić information content (AvgIpc) is 2.27. The van der Waals surface area contributed by atoms with Crippen molar-refractivity contribution in [3.05, 3.63) is 35.9 Å². The normalized spacial score (nSPS) is 12.6. The van der Waals surface area contributed by atoms with Crippen molar-refractivity contribution in [2.24, 2.45) is 0 Å². The highest BCUT2D eigenvalue weighted by Gasteiger charge is 2.48. The molecule has 2 rings (SSSR count). The molecule has 8 heteroatoms. The molecule has 0 radical (unpaired) electrons. The highest BCUT2D eigenvalue weighted by Crippen LogP contribution is 2.27. The standard InChI is InChI=1S/C11H8F3NO3S/c1-7-3-2-4-9-8(7)5-6-10(15-9)18-19(16,17)11(12,13)14/h2-6H,1H3. The molecule has 1 aromatic carbocycles. The van der Waals surface area contributed by atoms with Gasteiger partial charge in [0, 0.05) is 11.5 Å². The molecule has 0 saturated heterocycles. The quantitative estimate of drug-likeness (QED) is 0.630. The Hall–Kier alpha value is -1.83. The van der Waals surface area contributed by atoms with Gasteiger partial charge in [0.15, 0.2) is 0 Å². The van der Waals surface area contributed by atoms with E-state index in [0.29, 0.717) is 10.9 Å². The third-order valence-corrected chi connectivity index (χ3v) is 3.36. The number of rotatable bonds is 2. The molecule has 0 atom stereocenters. The Morgan fingerprint density at radius 1 is 1.16 bits per heavy atom. The minimum atomic E-state index is -5.69. The molecule has 0 amide bonds. The van der Waals surface area contributed by atoms with Crippen LogP contribution in [-0.2, 0) is 10.1 Å². The Morgan fingerprint density at radius 3 is 2.47 bits per heavy atom. The number of nitrogens with zero attached hydrogens (tertiary/aromatic N) is 1. The zero-order valence-corrected chi connectivity index (χ0v) is 10.4. The van der Waals surface area contributed by atoms with Crippen LogP contribution in [0.15, 0.2) is 30.3 Å². The third kappa shape index (κ3) is 2.62. The van der Waals surface area contributed by atoms with E-state index in [1.165, 1.54) is 6.07 Å². The highest BCUT2D eigenvalue weighted by atomic mass is 32.2. The van der Waals surface area contributed by atoms with Crippen LogP contribution in [0.1, 0.15) is 5.56 Å². The van der Waals surface area contributed by atoms with E-state index < -0.39 is 21.5 Å². The summed E-state index contributed by atoms with van der Waals surface area (Å²) in [5, 5.41) is 0.708. The first kappa shape index (κ1) is 13.6. The predicted molar refractivity (Wildman–Crippen MR) is 62.1 cm³/mol. The zero-order valence-electron chi connectivity index (χ0n) is 9.60. The number of aromatic nitrogens is 1. The van der Waals surface area contributed by atoms with Crippen molar-refractivity contribution in [3.8, 4) is 5.88 Å². The van der Waals surface area contributed by atoms with Gasteiger partial charge in [0.25, 0.3) is 0 Å². The predicted octanol–water partition coefficient (Wildman–Crippen LogP) is 2.77. The zero-order chi connectivity index (χ0) is 14.3. The Balaban J connectivity index is 2.44. The third-order valence-electron chi connectivity index (χ3n) is 2.40. The van der Waals surface area contributed by atoms with Crippen LogP contribution >= 0.6 is 0 Å². The van der Waals surface area contributed by atoms with Crippen LogP contribution in [0.3, 0.4) is 0 Å². The fraction of sp³-hybridized carbons (Fsp3) is 0.182. The van der Waals surface area contributed by atoms with Crippen LogP contribution in [0.5, 0.6) is 5.88 Å². The maximum absolute atomic E-state index is 12.2. The van der Waals surface area contributed by atoms with E-state index >= 15 is 0 Å². The van der Waals surface area contributed by atoms with Crippen LogP contribution in [0.4, 0.5) is 13.2 Å². The smallest absolute Gasteiger partial charge is 0.355 e. The van der Waals surface area contributed by atoms with Crippen molar-refractivity contribution < 1.29 is 25.8 Å². The molecule has 4 nitrogen and oxygen atoms in total. The van der Waals surface area contributed by atoms with Crippen molar-refractivity contribution in [1.29, 1.82) is 0 Å². The monoisotopic (exact) mass is 291 g/mol.